The van der Waals surface area contributed by atoms with E-state index in [1.54, 1.807) is 0 Å². The molecule has 0 aromatic carbocycles. The fourth-order valence-corrected chi connectivity index (χ4v) is 7.55. The van der Waals surface area contributed by atoms with Crippen molar-refractivity contribution in [3.05, 3.63) is 10.2 Å². The molecule has 0 saturated heterocycles. The van der Waals surface area contributed by atoms with E-state index in [0.29, 0.717) is 0 Å². The number of hydrogen-bond donors (Lipinski definition) is 0. The Balaban J connectivity index is 3.21. The third kappa shape index (κ3) is 7.93. The molecule has 0 nitrogen and oxygen atoms in total. The second-order valence-electron chi connectivity index (χ2n) is 0.906. The van der Waals surface area contributed by atoms with Crippen LogP contribution in [0.25, 0.3) is 0 Å². The molecule has 0 radical (unpaired) electrons. The van der Waals surface area contributed by atoms with E-state index in [4.69, 9.17) is 0.594 Å². The average Bonchev–Trinajstić information content (AvgIpc) is 1.83. The van der Waals surface area contributed by atoms with E-state index in [1.807, 2.05) is 0 Å². The maximum atomic E-state index is 7.44. The summed E-state index contributed by atoms with van der Waals surface area (Å²) in [5.41, 5.74) is 0. The zero-order valence-electron chi connectivity index (χ0n) is 5.00. The summed E-state index contributed by atoms with van der Waals surface area (Å²) in [6.45, 7) is 2.12. The van der Waals surface area contributed by atoms with Gasteiger partial charge in [0.1, 0.15) is 0 Å². The molecule has 0 saturated carbocycles. The Bertz CT molecular complexity index is 73.7. The Hall–Kier alpha value is 1.93. The number of hydrogen-bond acceptors (Lipinski definition) is 0. The van der Waals surface area contributed by atoms with Gasteiger partial charge in [-0.05, 0) is 0 Å². The van der Waals surface area contributed by atoms with E-state index in [9.17, 15) is 0 Å². The van der Waals surface area contributed by atoms with Gasteiger partial charge in [-0.1, -0.05) is 0 Å². The zero-order valence-corrected chi connectivity index (χ0v) is 10.5. The van der Waals surface area contributed by atoms with Gasteiger partial charge < -0.3 is 0 Å². The Morgan fingerprint density at radius 1 is 2.14 bits per heavy atom. The van der Waals surface area contributed by atoms with Crippen LogP contribution in [0.5, 0.6) is 0 Å². The first kappa shape index (κ1) is 7.04. The zero-order chi connectivity index (χ0) is 6.41. The van der Waals surface area contributed by atoms with E-state index in [2.05, 4.69) is 35.7 Å². The molecule has 0 aliphatic heterocycles. The van der Waals surface area contributed by atoms with Gasteiger partial charge in [0.25, 0.3) is 0 Å². The predicted molar refractivity (Wildman–Crippen MR) is 48.9 cm³/mol. The molecule has 46 valence electrons. The monoisotopic (exact) mass is 438 g/mol. The van der Waals surface area contributed by atoms with E-state index < -0.39 is 17.0 Å². The Kier molecular flexibility index (Phi) is 7.98. The van der Waals surface area contributed by atoms with Gasteiger partial charge in [0, 0.05) is 0 Å². The third-order valence-corrected chi connectivity index (χ3v) is 12.4. The molecular formula is C4H8I3-. The van der Waals surface area contributed by atoms with Crippen molar-refractivity contribution in [1.82, 2.24) is 0 Å². The summed E-state index contributed by atoms with van der Waals surface area (Å²) in [5, 5.41) is 0. The van der Waals surface area contributed by atoms with Crippen LogP contribution in [0.15, 0.2) is 10.2 Å². The first-order chi connectivity index (χ1) is 3.81. The standard InChI is InChI=1S/C4H8I3/c1-2-3-4-6-7-5/h3-4,6H,2H2,1H3/q-1/i6D. The van der Waals surface area contributed by atoms with Crippen molar-refractivity contribution in [2.24, 2.45) is 0 Å². The van der Waals surface area contributed by atoms with Gasteiger partial charge in [-0.2, -0.15) is 0 Å². The molecule has 0 heterocycles. The number of allylic oxidation sites excluding steroid dienone is 1. The Labute approximate surface area is 71.7 Å². The van der Waals surface area contributed by atoms with Gasteiger partial charge >= 0.3 is 73.0 Å². The molecule has 0 unspecified atom stereocenters. The van der Waals surface area contributed by atoms with Crippen molar-refractivity contribution in [3.8, 4) is 0 Å². The molecule has 7 heavy (non-hydrogen) atoms. The molecule has 0 aliphatic rings. The van der Waals surface area contributed by atoms with Crippen LogP contribution in [-0.4, -0.2) is 0.594 Å². The second kappa shape index (κ2) is 7.93. The van der Waals surface area contributed by atoms with E-state index in [0.717, 1.165) is 6.42 Å². The fraction of sp³-hybridized carbons (Fsp3) is 0.500. The minimum absolute atomic E-state index is 0.239. The van der Waals surface area contributed by atoms with Gasteiger partial charge in [0.2, 0.25) is 0 Å². The molecule has 0 rings (SSSR count). The van der Waals surface area contributed by atoms with Crippen molar-refractivity contribution < 1.29 is 13.3 Å². The normalized spacial score (nSPS) is 15.1. The van der Waals surface area contributed by atoms with Gasteiger partial charge in [-0.15, -0.1) is 0 Å². The first-order valence-corrected chi connectivity index (χ1v) is 15.8. The molecule has 3 heteroatoms. The average molecular weight is 438 g/mol. The van der Waals surface area contributed by atoms with Gasteiger partial charge in [-0.3, -0.25) is 0 Å². The van der Waals surface area contributed by atoms with Crippen LogP contribution >= 0.6 is 35.6 Å². The second-order valence-corrected chi connectivity index (χ2v) is 21.5. The summed E-state index contributed by atoms with van der Waals surface area (Å²) in [4.78, 5) is 0. The first-order valence-electron chi connectivity index (χ1n) is 2.33. The minimum atomic E-state index is -1.18. The molecule has 0 N–H and O–H groups in total. The summed E-state index contributed by atoms with van der Waals surface area (Å²) in [5.74, 6) is 0. The SMILES string of the molecule is [2H]I(C=CCC)[I-]I. The van der Waals surface area contributed by atoms with Crippen molar-refractivity contribution in [2.45, 2.75) is 13.3 Å². The van der Waals surface area contributed by atoms with Crippen LogP contribution in [0.3, 0.4) is 0 Å². The molecule has 0 aromatic rings. The molecule has 0 aromatic heterocycles. The fourth-order valence-electron chi connectivity index (χ4n) is 0.141. The van der Waals surface area contributed by atoms with Crippen LogP contribution in [0.4, 0.5) is 0 Å². The topological polar surface area (TPSA) is 0 Å². The Morgan fingerprint density at radius 2 is 2.86 bits per heavy atom. The maximum absolute atomic E-state index is 7.44. The van der Waals surface area contributed by atoms with E-state index >= 15 is 0 Å². The summed E-state index contributed by atoms with van der Waals surface area (Å²) < 4.78 is 9.58. The van der Waals surface area contributed by atoms with Crippen LogP contribution in [0, 0.1) is 0 Å². The molecular weight excluding hydrogens is 429 g/mol. The molecule has 0 fully saturated rings. The predicted octanol–water partition coefficient (Wildman–Crippen LogP) is -0.0329. The van der Waals surface area contributed by atoms with Gasteiger partial charge in [0.05, 0.1) is 0 Å². The molecule has 0 atom stereocenters. The van der Waals surface area contributed by atoms with E-state index in [-0.39, 0.29) is 13.3 Å². The summed E-state index contributed by atoms with van der Waals surface area (Å²) in [6.07, 6.45) is 3.24. The molecule has 0 aliphatic carbocycles. The number of rotatable bonds is 3. The van der Waals surface area contributed by atoms with Gasteiger partial charge in [-0.25, -0.2) is 0 Å². The summed E-state index contributed by atoms with van der Waals surface area (Å²) in [6, 6.07) is 0. The van der Waals surface area contributed by atoms with Crippen LogP contribution in [0.2, 0.25) is 0 Å². The van der Waals surface area contributed by atoms with Crippen molar-refractivity contribution in [1.29, 1.82) is 0.594 Å². The quantitative estimate of drug-likeness (QED) is 0.544. The summed E-state index contributed by atoms with van der Waals surface area (Å²) >= 11 is 1.45. The van der Waals surface area contributed by atoms with E-state index in [1.165, 1.54) is 0 Å². The Morgan fingerprint density at radius 3 is 3.29 bits per heavy atom. The molecule has 0 spiro atoms. The van der Waals surface area contributed by atoms with Crippen molar-refractivity contribution >= 4 is 35.6 Å². The van der Waals surface area contributed by atoms with Gasteiger partial charge in [0.15, 0.2) is 0 Å². The third-order valence-electron chi connectivity index (χ3n) is 0.404. The summed E-state index contributed by atoms with van der Waals surface area (Å²) in [7, 11) is 0. The van der Waals surface area contributed by atoms with Crippen LogP contribution in [-0.2, 0) is 0 Å². The molecule has 0 bridgehead atoms. The van der Waals surface area contributed by atoms with Crippen molar-refractivity contribution in [3.63, 3.8) is 0 Å². The van der Waals surface area contributed by atoms with Crippen LogP contribution < -0.4 is 13.3 Å². The molecule has 0 amide bonds. The van der Waals surface area contributed by atoms with Crippen molar-refractivity contribution in [2.75, 3.05) is 0 Å². The van der Waals surface area contributed by atoms with Crippen LogP contribution in [0.1, 0.15) is 13.3 Å². The number of halogens is 3.